The van der Waals surface area contributed by atoms with Gasteiger partial charge in [-0.3, -0.25) is 14.2 Å². The third-order valence-electron chi connectivity index (χ3n) is 4.87. The van der Waals surface area contributed by atoms with E-state index in [4.69, 9.17) is 14.2 Å². The van der Waals surface area contributed by atoms with Gasteiger partial charge in [-0.15, -0.1) is 0 Å². The number of benzene rings is 2. The Morgan fingerprint density at radius 1 is 1.08 bits per heavy atom. The van der Waals surface area contributed by atoms with Gasteiger partial charge in [0, 0.05) is 26.3 Å². The number of ether oxygens (including phenoxy) is 3. The first-order chi connectivity index (χ1) is 18.0. The van der Waals surface area contributed by atoms with Crippen molar-refractivity contribution in [2.75, 3.05) is 13.4 Å². The molecule has 3 rings (SSSR count). The standard InChI is InChI=1S/C22H18BrF4N3O8S/c1-29-17(22(25,26)27)10-18(31)30(21(29)33)13-9-16(11(23)8-12(13)24)37-14-6-4-5-7-15(14)38-20(36-2)19(32)28-39(3,34)35/h4-10,20H,1-3H3,(H,28,32). The minimum absolute atomic E-state index is 0.0338. The maximum atomic E-state index is 14.9. The molecule has 39 heavy (non-hydrogen) atoms. The first kappa shape index (κ1) is 29.9. The molecule has 0 radical (unpaired) electrons. The lowest BCUT2D eigenvalue weighted by molar-refractivity contribution is -0.146. The van der Waals surface area contributed by atoms with Gasteiger partial charge in [0.25, 0.3) is 11.8 Å². The molecular formula is C22H18BrF4N3O8S. The number of alkyl halides is 3. The predicted molar refractivity (Wildman–Crippen MR) is 131 cm³/mol. The number of rotatable bonds is 8. The van der Waals surface area contributed by atoms with Crippen molar-refractivity contribution in [2.24, 2.45) is 7.05 Å². The number of nitrogens with zero attached hydrogens (tertiary/aromatic N) is 2. The predicted octanol–water partition coefficient (Wildman–Crippen LogP) is 2.68. The molecule has 2 aromatic carbocycles. The van der Waals surface area contributed by atoms with Gasteiger partial charge in [-0.1, -0.05) is 12.1 Å². The zero-order valence-electron chi connectivity index (χ0n) is 20.1. The van der Waals surface area contributed by atoms with Crippen LogP contribution in [0.5, 0.6) is 17.2 Å². The van der Waals surface area contributed by atoms with Crippen LogP contribution in [0.15, 0.2) is 56.5 Å². The maximum Gasteiger partial charge on any atom is 0.431 e. The van der Waals surface area contributed by atoms with Crippen LogP contribution in [0.2, 0.25) is 0 Å². The van der Waals surface area contributed by atoms with Crippen molar-refractivity contribution in [3.8, 4) is 22.9 Å². The highest BCUT2D eigenvalue weighted by Gasteiger charge is 2.35. The zero-order chi connectivity index (χ0) is 29.3. The number of carbonyl (C=O) groups excluding carboxylic acids is 1. The van der Waals surface area contributed by atoms with Crippen molar-refractivity contribution >= 4 is 31.9 Å². The van der Waals surface area contributed by atoms with Crippen LogP contribution >= 0.6 is 15.9 Å². The van der Waals surface area contributed by atoms with E-state index in [1.54, 1.807) is 4.72 Å². The molecule has 1 aromatic heterocycles. The molecule has 3 aromatic rings. The number of carbonyl (C=O) groups is 1. The summed E-state index contributed by atoms with van der Waals surface area (Å²) in [5, 5.41) is 0. The normalized spacial score (nSPS) is 12.6. The second-order valence-corrected chi connectivity index (χ2v) is 10.4. The number of hydrogen-bond donors (Lipinski definition) is 1. The molecule has 1 atom stereocenters. The van der Waals surface area contributed by atoms with Gasteiger partial charge in [-0.05, 0) is 34.1 Å². The number of sulfonamides is 1. The van der Waals surface area contributed by atoms with Gasteiger partial charge in [0.1, 0.15) is 17.3 Å². The molecule has 0 saturated carbocycles. The molecular weight excluding hydrogens is 622 g/mol. The number of methoxy groups -OCH3 is 1. The lowest BCUT2D eigenvalue weighted by Crippen LogP contribution is -2.42. The fourth-order valence-electron chi connectivity index (χ4n) is 3.19. The summed E-state index contributed by atoms with van der Waals surface area (Å²) in [4.78, 5) is 37.3. The lowest BCUT2D eigenvalue weighted by atomic mass is 10.2. The molecule has 17 heteroatoms. The van der Waals surface area contributed by atoms with E-state index in [9.17, 15) is 40.4 Å². The molecule has 0 saturated heterocycles. The van der Waals surface area contributed by atoms with Gasteiger partial charge >= 0.3 is 17.8 Å². The molecule has 1 heterocycles. The van der Waals surface area contributed by atoms with Crippen molar-refractivity contribution in [1.29, 1.82) is 0 Å². The monoisotopic (exact) mass is 639 g/mol. The number of para-hydroxylation sites is 2. The number of nitrogens with one attached hydrogen (secondary N) is 1. The van der Waals surface area contributed by atoms with Crippen LogP contribution in [0, 0.1) is 5.82 Å². The minimum Gasteiger partial charge on any atom is -0.452 e. The summed E-state index contributed by atoms with van der Waals surface area (Å²) in [6, 6.07) is 7.47. The summed E-state index contributed by atoms with van der Waals surface area (Å²) in [6.45, 7) is 0. The maximum absolute atomic E-state index is 14.9. The highest BCUT2D eigenvalue weighted by molar-refractivity contribution is 9.10. The fourth-order valence-corrected chi connectivity index (χ4v) is 4.05. The summed E-state index contributed by atoms with van der Waals surface area (Å²) in [5.41, 5.74) is -5.15. The molecule has 210 valence electrons. The van der Waals surface area contributed by atoms with Crippen LogP contribution in [0.1, 0.15) is 5.69 Å². The van der Waals surface area contributed by atoms with E-state index in [1.165, 1.54) is 24.3 Å². The van der Waals surface area contributed by atoms with Crippen LogP contribution in [-0.2, 0) is 32.8 Å². The summed E-state index contributed by atoms with van der Waals surface area (Å²) in [5.74, 6) is -2.77. The van der Waals surface area contributed by atoms with Gasteiger partial charge in [0.15, 0.2) is 11.5 Å². The van der Waals surface area contributed by atoms with E-state index in [1.807, 2.05) is 0 Å². The fraction of sp³-hybridized carbons (Fsp3) is 0.227. The molecule has 1 amide bonds. The van der Waals surface area contributed by atoms with Gasteiger partial charge in [0.2, 0.25) is 10.0 Å². The van der Waals surface area contributed by atoms with Crippen molar-refractivity contribution in [2.45, 2.75) is 12.5 Å². The minimum atomic E-state index is -5.01. The van der Waals surface area contributed by atoms with Gasteiger partial charge < -0.3 is 14.2 Å². The van der Waals surface area contributed by atoms with E-state index >= 15 is 0 Å². The molecule has 11 nitrogen and oxygen atoms in total. The Labute approximate surface area is 225 Å². The molecule has 0 bridgehead atoms. The smallest absolute Gasteiger partial charge is 0.431 e. The number of halogens is 5. The van der Waals surface area contributed by atoms with Crippen molar-refractivity contribution < 1.29 is 45.0 Å². The summed E-state index contributed by atoms with van der Waals surface area (Å²) in [7, 11) is -2.10. The van der Waals surface area contributed by atoms with E-state index in [-0.39, 0.29) is 36.9 Å². The highest BCUT2D eigenvalue weighted by Crippen LogP contribution is 2.37. The summed E-state index contributed by atoms with van der Waals surface area (Å²) >= 11 is 3.07. The van der Waals surface area contributed by atoms with E-state index in [2.05, 4.69) is 15.9 Å². The Kier molecular flexibility index (Phi) is 8.56. The Morgan fingerprint density at radius 3 is 2.26 bits per heavy atom. The SMILES string of the molecule is COC(Oc1ccccc1Oc1cc(-n2c(=O)cc(C(F)(F)F)n(C)c2=O)c(F)cc1Br)C(=O)NS(C)(=O)=O. The molecule has 1 unspecified atom stereocenters. The Bertz CT molecular complexity index is 1650. The molecule has 0 aliphatic heterocycles. The van der Waals surface area contributed by atoms with Crippen LogP contribution in [0.3, 0.4) is 0 Å². The quantitative estimate of drug-likeness (QED) is 0.294. The summed E-state index contributed by atoms with van der Waals surface area (Å²) < 4.78 is 95.2. The Hall–Kier alpha value is -3.70. The average Bonchev–Trinajstić information content (AvgIpc) is 2.81. The van der Waals surface area contributed by atoms with Crippen LogP contribution in [-0.4, -0.2) is 43.1 Å². The van der Waals surface area contributed by atoms with E-state index in [0.717, 1.165) is 32.5 Å². The van der Waals surface area contributed by atoms with Crippen LogP contribution in [0.4, 0.5) is 17.6 Å². The topological polar surface area (TPSA) is 135 Å². The van der Waals surface area contributed by atoms with Crippen molar-refractivity contribution in [1.82, 2.24) is 13.9 Å². The third-order valence-corrected chi connectivity index (χ3v) is 6.06. The molecule has 1 N–H and O–H groups in total. The van der Waals surface area contributed by atoms with Crippen LogP contribution in [0.25, 0.3) is 5.69 Å². The summed E-state index contributed by atoms with van der Waals surface area (Å²) in [6.07, 6.45) is -6.01. The van der Waals surface area contributed by atoms with E-state index < -0.39 is 56.8 Å². The molecule has 0 aliphatic carbocycles. The average molecular weight is 640 g/mol. The highest BCUT2D eigenvalue weighted by atomic mass is 79.9. The first-order valence-corrected chi connectivity index (χ1v) is 13.1. The molecule has 0 fully saturated rings. The van der Waals surface area contributed by atoms with Gasteiger partial charge in [-0.2, -0.15) is 13.2 Å². The largest absolute Gasteiger partial charge is 0.452 e. The van der Waals surface area contributed by atoms with Gasteiger partial charge in [-0.25, -0.2) is 26.9 Å². The second-order valence-electron chi connectivity index (χ2n) is 7.75. The second kappa shape index (κ2) is 11.2. The first-order valence-electron chi connectivity index (χ1n) is 10.4. The Balaban J connectivity index is 2.05. The van der Waals surface area contributed by atoms with Crippen LogP contribution < -0.4 is 25.4 Å². The zero-order valence-corrected chi connectivity index (χ0v) is 22.5. The van der Waals surface area contributed by atoms with Crippen molar-refractivity contribution in [3.05, 3.63) is 79.3 Å². The third kappa shape index (κ3) is 6.85. The molecule has 0 spiro atoms. The number of aromatic nitrogens is 2. The Morgan fingerprint density at radius 2 is 1.69 bits per heavy atom. The van der Waals surface area contributed by atoms with E-state index in [0.29, 0.717) is 0 Å². The number of hydrogen-bond acceptors (Lipinski definition) is 8. The number of amides is 1. The van der Waals surface area contributed by atoms with Crippen molar-refractivity contribution in [3.63, 3.8) is 0 Å². The van der Waals surface area contributed by atoms with Gasteiger partial charge in [0.05, 0.1) is 16.4 Å². The lowest BCUT2D eigenvalue weighted by Gasteiger charge is -2.19. The molecule has 0 aliphatic rings.